The summed E-state index contributed by atoms with van der Waals surface area (Å²) in [5.74, 6) is 1.43. The number of aliphatic hydroxyl groups excluding tert-OH is 1. The molecule has 2 unspecified atom stereocenters. The number of amides is 1. The maximum atomic E-state index is 12.4. The molecule has 2 aliphatic rings. The van der Waals surface area contributed by atoms with E-state index in [1.54, 1.807) is 6.08 Å². The van der Waals surface area contributed by atoms with Gasteiger partial charge in [-0.1, -0.05) is 42.5 Å². The van der Waals surface area contributed by atoms with E-state index in [4.69, 9.17) is 9.47 Å². The number of hydrogen-bond acceptors (Lipinski definition) is 5. The van der Waals surface area contributed by atoms with Crippen LogP contribution in [-0.4, -0.2) is 60.4 Å². The SMILES string of the molecule is O=C(C=Cc1ccccc1)N1CCC(NCC(O)C2COc3ccccc3O2)CC1. The van der Waals surface area contributed by atoms with Crippen LogP contribution in [0.4, 0.5) is 0 Å². The number of para-hydroxylation sites is 2. The zero-order valence-corrected chi connectivity index (χ0v) is 16.9. The average Bonchev–Trinajstić information content (AvgIpc) is 2.81. The molecular weight excluding hydrogens is 380 g/mol. The van der Waals surface area contributed by atoms with Crippen LogP contribution < -0.4 is 14.8 Å². The first-order valence-corrected chi connectivity index (χ1v) is 10.5. The van der Waals surface area contributed by atoms with Gasteiger partial charge in [0.1, 0.15) is 12.7 Å². The summed E-state index contributed by atoms with van der Waals surface area (Å²) in [5, 5.41) is 13.9. The van der Waals surface area contributed by atoms with Gasteiger partial charge in [-0.25, -0.2) is 0 Å². The van der Waals surface area contributed by atoms with Crippen LogP contribution in [0.15, 0.2) is 60.7 Å². The van der Waals surface area contributed by atoms with E-state index in [2.05, 4.69) is 5.32 Å². The Morgan fingerprint density at radius 1 is 1.10 bits per heavy atom. The van der Waals surface area contributed by atoms with E-state index in [9.17, 15) is 9.90 Å². The van der Waals surface area contributed by atoms with Crippen LogP contribution in [0, 0.1) is 0 Å². The quantitative estimate of drug-likeness (QED) is 0.719. The molecular formula is C24H28N2O4. The Bertz CT molecular complexity index is 863. The molecule has 0 radical (unpaired) electrons. The van der Waals surface area contributed by atoms with Crippen LogP contribution in [0.1, 0.15) is 18.4 Å². The number of likely N-dealkylation sites (tertiary alicyclic amines) is 1. The summed E-state index contributed by atoms with van der Waals surface area (Å²) in [5.41, 5.74) is 1.02. The van der Waals surface area contributed by atoms with Crippen molar-refractivity contribution in [2.75, 3.05) is 26.2 Å². The smallest absolute Gasteiger partial charge is 0.246 e. The molecule has 0 aromatic heterocycles. The minimum Gasteiger partial charge on any atom is -0.486 e. The van der Waals surface area contributed by atoms with Gasteiger partial charge in [0.15, 0.2) is 17.6 Å². The van der Waals surface area contributed by atoms with Gasteiger partial charge in [0, 0.05) is 31.8 Å². The molecule has 2 aromatic carbocycles. The topological polar surface area (TPSA) is 71.0 Å². The maximum absolute atomic E-state index is 12.4. The minimum atomic E-state index is -0.660. The van der Waals surface area contributed by atoms with Gasteiger partial charge in [-0.2, -0.15) is 0 Å². The second kappa shape index (κ2) is 9.78. The predicted octanol–water partition coefficient (Wildman–Crippen LogP) is 2.48. The van der Waals surface area contributed by atoms with Crippen molar-refractivity contribution >= 4 is 12.0 Å². The molecule has 0 aliphatic carbocycles. The third-order valence-corrected chi connectivity index (χ3v) is 5.60. The van der Waals surface area contributed by atoms with Crippen molar-refractivity contribution in [3.8, 4) is 11.5 Å². The molecule has 1 amide bonds. The summed E-state index contributed by atoms with van der Waals surface area (Å²) >= 11 is 0. The Hall–Kier alpha value is -2.83. The van der Waals surface area contributed by atoms with Gasteiger partial charge in [-0.3, -0.25) is 4.79 Å². The zero-order valence-electron chi connectivity index (χ0n) is 16.9. The highest BCUT2D eigenvalue weighted by Crippen LogP contribution is 2.31. The van der Waals surface area contributed by atoms with Crippen LogP contribution in [0.5, 0.6) is 11.5 Å². The normalized spacial score (nSPS) is 20.3. The molecule has 6 heteroatoms. The average molecular weight is 408 g/mol. The summed E-state index contributed by atoms with van der Waals surface area (Å²) in [6.45, 7) is 2.19. The predicted molar refractivity (Wildman–Crippen MR) is 115 cm³/mol. The first-order valence-electron chi connectivity index (χ1n) is 10.5. The minimum absolute atomic E-state index is 0.0451. The van der Waals surface area contributed by atoms with Gasteiger partial charge in [0.05, 0.1) is 0 Å². The maximum Gasteiger partial charge on any atom is 0.246 e. The van der Waals surface area contributed by atoms with E-state index in [1.165, 1.54) is 0 Å². The summed E-state index contributed by atoms with van der Waals surface area (Å²) in [6.07, 6.45) is 4.17. The molecule has 2 aromatic rings. The second-order valence-electron chi connectivity index (χ2n) is 7.73. The lowest BCUT2D eigenvalue weighted by molar-refractivity contribution is -0.127. The van der Waals surface area contributed by atoms with Crippen LogP contribution in [0.2, 0.25) is 0 Å². The molecule has 6 nitrogen and oxygen atoms in total. The molecule has 2 N–H and O–H groups in total. The number of carbonyl (C=O) groups is 1. The van der Waals surface area contributed by atoms with E-state index in [0.29, 0.717) is 37.7 Å². The number of benzene rings is 2. The lowest BCUT2D eigenvalue weighted by atomic mass is 10.0. The lowest BCUT2D eigenvalue weighted by Gasteiger charge is -2.34. The Balaban J connectivity index is 1.19. The number of rotatable bonds is 6. The number of fused-ring (bicyclic) bond motifs is 1. The molecule has 30 heavy (non-hydrogen) atoms. The Labute approximate surface area is 177 Å². The fourth-order valence-electron chi connectivity index (χ4n) is 3.79. The molecule has 0 bridgehead atoms. The molecule has 2 heterocycles. The number of nitrogens with zero attached hydrogens (tertiary/aromatic N) is 1. The summed E-state index contributed by atoms with van der Waals surface area (Å²) < 4.78 is 11.6. The van der Waals surface area contributed by atoms with Gasteiger partial charge < -0.3 is 24.8 Å². The van der Waals surface area contributed by atoms with E-state index in [1.807, 2.05) is 65.6 Å². The van der Waals surface area contributed by atoms with E-state index in [0.717, 1.165) is 18.4 Å². The number of carbonyl (C=O) groups excluding carboxylic acids is 1. The Kier molecular flexibility index (Phi) is 6.67. The highest BCUT2D eigenvalue weighted by molar-refractivity contribution is 5.91. The standard InChI is InChI=1S/C24H28N2O4/c27-20(23-17-29-21-8-4-5-9-22(21)30-23)16-25-19-12-14-26(15-13-19)24(28)11-10-18-6-2-1-3-7-18/h1-11,19-20,23,25,27H,12-17H2. The first kappa shape index (κ1) is 20.4. The van der Waals surface area contributed by atoms with Gasteiger partial charge in [-0.15, -0.1) is 0 Å². The van der Waals surface area contributed by atoms with Crippen molar-refractivity contribution in [1.29, 1.82) is 0 Å². The molecule has 158 valence electrons. The van der Waals surface area contributed by atoms with Crippen LogP contribution in [0.3, 0.4) is 0 Å². The van der Waals surface area contributed by atoms with Crippen LogP contribution in [0.25, 0.3) is 6.08 Å². The molecule has 4 rings (SSSR count). The van der Waals surface area contributed by atoms with Crippen molar-refractivity contribution in [2.24, 2.45) is 0 Å². The second-order valence-corrected chi connectivity index (χ2v) is 7.73. The number of ether oxygens (including phenoxy) is 2. The summed E-state index contributed by atoms with van der Waals surface area (Å²) in [4.78, 5) is 14.3. The molecule has 1 saturated heterocycles. The molecule has 2 aliphatic heterocycles. The number of aliphatic hydroxyl groups is 1. The van der Waals surface area contributed by atoms with Crippen molar-refractivity contribution in [1.82, 2.24) is 10.2 Å². The number of nitrogens with one attached hydrogen (secondary N) is 1. The number of hydrogen-bond donors (Lipinski definition) is 2. The Morgan fingerprint density at radius 2 is 1.80 bits per heavy atom. The van der Waals surface area contributed by atoms with Gasteiger partial charge in [0.2, 0.25) is 5.91 Å². The third kappa shape index (κ3) is 5.20. The van der Waals surface area contributed by atoms with Gasteiger partial charge in [-0.05, 0) is 36.6 Å². The monoisotopic (exact) mass is 408 g/mol. The Morgan fingerprint density at radius 3 is 2.57 bits per heavy atom. The first-order chi connectivity index (χ1) is 14.7. The zero-order chi connectivity index (χ0) is 20.8. The highest BCUT2D eigenvalue weighted by Gasteiger charge is 2.28. The highest BCUT2D eigenvalue weighted by atomic mass is 16.6. The van der Waals surface area contributed by atoms with E-state index < -0.39 is 12.2 Å². The van der Waals surface area contributed by atoms with Gasteiger partial charge >= 0.3 is 0 Å². The van der Waals surface area contributed by atoms with Crippen molar-refractivity contribution < 1.29 is 19.4 Å². The fourth-order valence-corrected chi connectivity index (χ4v) is 3.79. The molecule has 1 fully saturated rings. The molecule has 0 saturated carbocycles. The van der Waals surface area contributed by atoms with E-state index >= 15 is 0 Å². The van der Waals surface area contributed by atoms with Crippen LogP contribution in [-0.2, 0) is 4.79 Å². The largest absolute Gasteiger partial charge is 0.486 e. The molecule has 2 atom stereocenters. The molecule has 0 spiro atoms. The van der Waals surface area contributed by atoms with Crippen molar-refractivity contribution in [3.05, 3.63) is 66.2 Å². The number of piperidine rings is 1. The van der Waals surface area contributed by atoms with E-state index in [-0.39, 0.29) is 11.9 Å². The van der Waals surface area contributed by atoms with Crippen molar-refractivity contribution in [2.45, 2.75) is 31.1 Å². The fraction of sp³-hybridized carbons (Fsp3) is 0.375. The lowest BCUT2D eigenvalue weighted by Crippen LogP contribution is -2.50. The van der Waals surface area contributed by atoms with Crippen molar-refractivity contribution in [3.63, 3.8) is 0 Å². The van der Waals surface area contributed by atoms with Crippen LogP contribution >= 0.6 is 0 Å². The summed E-state index contributed by atoms with van der Waals surface area (Å²) in [7, 11) is 0. The van der Waals surface area contributed by atoms with Gasteiger partial charge in [0.25, 0.3) is 0 Å². The third-order valence-electron chi connectivity index (χ3n) is 5.60. The summed E-state index contributed by atoms with van der Waals surface area (Å²) in [6, 6.07) is 17.6.